The number of hydrogen-bond donors (Lipinski definition) is 1. The van der Waals surface area contributed by atoms with Crippen LogP contribution in [0.1, 0.15) is 174 Å². The van der Waals surface area contributed by atoms with Crippen molar-refractivity contribution in [2.24, 2.45) is 0 Å². The van der Waals surface area contributed by atoms with E-state index in [1.807, 2.05) is 0 Å². The van der Waals surface area contributed by atoms with Crippen LogP contribution in [0.15, 0.2) is 0 Å². The minimum atomic E-state index is -4.76. The van der Waals surface area contributed by atoms with Crippen LogP contribution in [0.4, 0.5) is 0 Å². The Balaban J connectivity index is 0. The van der Waals surface area contributed by atoms with Crippen LogP contribution in [0, 0.1) is 0 Å². The standard InChI is InChI=1S/C32H62O7S.Ca.2H/c1-3-5-7-9-11-13-15-17-19-21-23-25-27-38-31(33)29-30(40(35,36)37)32(34)39-28-26-24-22-20-18-16-14-12-10-8-6-4-2;;;/h30H,3-29H2,1-2H3,(H,35,36,37);;;. The molecular formula is C32H64CaO7S. The first kappa shape index (κ1) is 43.2. The van der Waals surface area contributed by atoms with Gasteiger partial charge in [0.15, 0.2) is 5.25 Å². The van der Waals surface area contributed by atoms with E-state index in [0.717, 1.165) is 32.1 Å². The number of esters is 2. The van der Waals surface area contributed by atoms with E-state index in [1.54, 1.807) is 0 Å². The fourth-order valence-electron chi connectivity index (χ4n) is 4.86. The number of hydrogen-bond acceptors (Lipinski definition) is 6. The van der Waals surface area contributed by atoms with Crippen LogP contribution in [0.25, 0.3) is 0 Å². The Hall–Kier alpha value is 0.110. The molecule has 0 amide bonds. The molecule has 0 radical (unpaired) electrons. The molecule has 0 saturated heterocycles. The van der Waals surface area contributed by atoms with Gasteiger partial charge in [-0.05, 0) is 12.8 Å². The summed E-state index contributed by atoms with van der Waals surface area (Å²) in [6.07, 6.45) is 27.6. The fraction of sp³-hybridized carbons (Fsp3) is 0.938. The Bertz CT molecular complexity index is 700. The fourth-order valence-corrected chi connectivity index (χ4v) is 5.52. The molecule has 41 heavy (non-hydrogen) atoms. The molecule has 242 valence electrons. The van der Waals surface area contributed by atoms with Gasteiger partial charge in [0.25, 0.3) is 10.1 Å². The average Bonchev–Trinajstić information content (AvgIpc) is 2.91. The third-order valence-corrected chi connectivity index (χ3v) is 8.56. The number of carbonyl (C=O) groups excluding carboxylic acids is 2. The maximum absolute atomic E-state index is 12.2. The summed E-state index contributed by atoms with van der Waals surface area (Å²) in [4.78, 5) is 24.3. The van der Waals surface area contributed by atoms with Crippen LogP contribution in [0.5, 0.6) is 0 Å². The van der Waals surface area contributed by atoms with E-state index in [2.05, 4.69) is 13.8 Å². The molecule has 0 fully saturated rings. The first-order valence-corrected chi connectivity index (χ1v) is 18.1. The van der Waals surface area contributed by atoms with Gasteiger partial charge in [-0.3, -0.25) is 14.1 Å². The van der Waals surface area contributed by atoms with Crippen molar-refractivity contribution in [3.63, 3.8) is 0 Å². The van der Waals surface area contributed by atoms with E-state index in [-0.39, 0.29) is 51.0 Å². The van der Waals surface area contributed by atoms with Crippen LogP contribution in [-0.2, 0) is 29.2 Å². The second-order valence-electron chi connectivity index (χ2n) is 11.4. The summed E-state index contributed by atoms with van der Waals surface area (Å²) >= 11 is 0. The quantitative estimate of drug-likeness (QED) is 0.0368. The summed E-state index contributed by atoms with van der Waals surface area (Å²) in [5.74, 6) is -1.90. The minimum absolute atomic E-state index is 0. The maximum atomic E-state index is 12.2. The summed E-state index contributed by atoms with van der Waals surface area (Å²) in [6.45, 7) is 4.72. The monoisotopic (exact) mass is 632 g/mol. The zero-order chi connectivity index (χ0) is 29.7. The van der Waals surface area contributed by atoms with Gasteiger partial charge in [0.05, 0.1) is 19.6 Å². The van der Waals surface area contributed by atoms with E-state index in [0.29, 0.717) is 12.8 Å². The topological polar surface area (TPSA) is 107 Å². The van der Waals surface area contributed by atoms with Crippen molar-refractivity contribution in [1.29, 1.82) is 0 Å². The molecular weight excluding hydrogens is 568 g/mol. The van der Waals surface area contributed by atoms with Gasteiger partial charge in [-0.25, -0.2) is 0 Å². The molecule has 7 nitrogen and oxygen atoms in total. The summed E-state index contributed by atoms with van der Waals surface area (Å²) < 4.78 is 43.0. The second kappa shape index (κ2) is 31.5. The third-order valence-electron chi connectivity index (χ3n) is 7.48. The molecule has 9 heteroatoms. The second-order valence-corrected chi connectivity index (χ2v) is 13.0. The van der Waals surface area contributed by atoms with Crippen LogP contribution < -0.4 is 0 Å². The Morgan fingerprint density at radius 2 is 0.829 bits per heavy atom. The molecule has 0 aromatic heterocycles. The van der Waals surface area contributed by atoms with Crippen molar-refractivity contribution in [2.75, 3.05) is 13.2 Å². The molecule has 1 atom stereocenters. The number of unbranched alkanes of at least 4 members (excludes halogenated alkanes) is 22. The molecule has 0 saturated carbocycles. The van der Waals surface area contributed by atoms with Gasteiger partial charge in [-0.2, -0.15) is 8.42 Å². The molecule has 0 aliphatic carbocycles. The Morgan fingerprint density at radius 3 is 1.15 bits per heavy atom. The van der Waals surface area contributed by atoms with Gasteiger partial charge >= 0.3 is 49.7 Å². The molecule has 0 aliphatic heterocycles. The van der Waals surface area contributed by atoms with Gasteiger partial charge < -0.3 is 9.47 Å². The summed E-state index contributed by atoms with van der Waals surface area (Å²) in [6, 6.07) is 0. The zero-order valence-corrected chi connectivity index (χ0v) is 26.8. The van der Waals surface area contributed by atoms with E-state index < -0.39 is 33.7 Å². The van der Waals surface area contributed by atoms with Crippen molar-refractivity contribution < 1.29 is 32.0 Å². The number of rotatable bonds is 30. The average molecular weight is 633 g/mol. The Morgan fingerprint density at radius 1 is 0.537 bits per heavy atom. The van der Waals surface area contributed by atoms with Crippen LogP contribution >= 0.6 is 0 Å². The SMILES string of the molecule is CCCCCCCCCCCCCCOC(=O)CC(C(=O)OCCCCCCCCCCCCCC)S(=O)(=O)O.[CaH2]. The van der Waals surface area contributed by atoms with Gasteiger partial charge in [0.1, 0.15) is 0 Å². The molecule has 0 spiro atoms. The summed E-state index contributed by atoms with van der Waals surface area (Å²) in [7, 11) is -4.76. The summed E-state index contributed by atoms with van der Waals surface area (Å²) in [5, 5.41) is -1.93. The normalized spacial score (nSPS) is 12.1. The van der Waals surface area contributed by atoms with Gasteiger partial charge in [0.2, 0.25) is 0 Å². The van der Waals surface area contributed by atoms with E-state index >= 15 is 0 Å². The molecule has 0 aromatic carbocycles. The first-order valence-electron chi connectivity index (χ1n) is 16.6. The van der Waals surface area contributed by atoms with Crippen molar-refractivity contribution in [3.05, 3.63) is 0 Å². The zero-order valence-electron chi connectivity index (χ0n) is 26.0. The van der Waals surface area contributed by atoms with Gasteiger partial charge in [-0.1, -0.05) is 155 Å². The molecule has 0 heterocycles. The van der Waals surface area contributed by atoms with Crippen molar-refractivity contribution in [1.82, 2.24) is 0 Å². The van der Waals surface area contributed by atoms with Crippen LogP contribution in [0.3, 0.4) is 0 Å². The first-order chi connectivity index (χ1) is 19.3. The number of carbonyl (C=O) groups is 2. The van der Waals surface area contributed by atoms with Gasteiger partial charge in [0, 0.05) is 0 Å². The van der Waals surface area contributed by atoms with Gasteiger partial charge in [-0.15, -0.1) is 0 Å². The summed E-state index contributed by atoms with van der Waals surface area (Å²) in [5.41, 5.74) is 0. The molecule has 0 bridgehead atoms. The number of ether oxygens (including phenoxy) is 2. The van der Waals surface area contributed by atoms with E-state index in [9.17, 15) is 22.6 Å². The van der Waals surface area contributed by atoms with Crippen molar-refractivity contribution in [3.8, 4) is 0 Å². The molecule has 1 unspecified atom stereocenters. The Labute approximate surface area is 282 Å². The molecule has 1 N–H and O–H groups in total. The van der Waals surface area contributed by atoms with E-state index in [4.69, 9.17) is 9.47 Å². The predicted molar refractivity (Wildman–Crippen MR) is 173 cm³/mol. The third kappa shape index (κ3) is 29.9. The van der Waals surface area contributed by atoms with E-state index in [1.165, 1.54) is 109 Å². The molecule has 0 aromatic rings. The van der Waals surface area contributed by atoms with Crippen LogP contribution in [0.2, 0.25) is 0 Å². The molecule has 0 aliphatic rings. The van der Waals surface area contributed by atoms with Crippen molar-refractivity contribution in [2.45, 2.75) is 180 Å². The predicted octanol–water partition coefficient (Wildman–Crippen LogP) is 8.21. The Kier molecular flexibility index (Phi) is 33.3. The van der Waals surface area contributed by atoms with Crippen LogP contribution in [-0.4, -0.2) is 81.1 Å². The van der Waals surface area contributed by atoms with Crippen molar-refractivity contribution >= 4 is 59.8 Å². The molecule has 0 rings (SSSR count).